The van der Waals surface area contributed by atoms with Crippen LogP contribution in [-0.2, 0) is 11.3 Å². The minimum absolute atomic E-state index is 0.0714. The number of carbonyl (C=O) groups is 1. The lowest BCUT2D eigenvalue weighted by atomic mass is 10.1. The fourth-order valence-corrected chi connectivity index (χ4v) is 1.54. The first-order chi connectivity index (χ1) is 7.63. The van der Waals surface area contributed by atoms with Gasteiger partial charge in [-0.15, -0.1) is 0 Å². The van der Waals surface area contributed by atoms with Crippen LogP contribution >= 0.6 is 0 Å². The Kier molecular flexibility index (Phi) is 4.83. The number of phenolic OH excluding ortho intramolecular Hbond substituents is 1. The zero-order valence-corrected chi connectivity index (χ0v) is 9.86. The van der Waals surface area contributed by atoms with Crippen molar-refractivity contribution in [2.75, 3.05) is 0 Å². The van der Waals surface area contributed by atoms with E-state index in [4.69, 9.17) is 5.11 Å². The van der Waals surface area contributed by atoms with E-state index in [0.29, 0.717) is 6.54 Å². The van der Waals surface area contributed by atoms with Crippen LogP contribution in [0, 0.1) is 5.92 Å². The molecule has 0 radical (unpaired) electrons. The highest BCUT2D eigenvalue weighted by molar-refractivity contribution is 5.78. The molecule has 16 heavy (non-hydrogen) atoms. The number of nitrogens with one attached hydrogen (secondary N) is 1. The molecular formula is C13H19NO2. The third kappa shape index (κ3) is 3.93. The van der Waals surface area contributed by atoms with Crippen LogP contribution in [0.15, 0.2) is 24.3 Å². The van der Waals surface area contributed by atoms with Gasteiger partial charge in [0.2, 0.25) is 5.91 Å². The Morgan fingerprint density at radius 2 is 2.00 bits per heavy atom. The molecule has 1 amide bonds. The molecule has 0 aliphatic heterocycles. The molecule has 1 aromatic rings. The largest absolute Gasteiger partial charge is 0.508 e. The molecule has 3 nitrogen and oxygen atoms in total. The monoisotopic (exact) mass is 221 g/mol. The molecule has 0 aromatic heterocycles. The molecule has 88 valence electrons. The summed E-state index contributed by atoms with van der Waals surface area (Å²) in [5, 5.41) is 12.0. The Morgan fingerprint density at radius 3 is 2.56 bits per heavy atom. The Hall–Kier alpha value is -1.51. The van der Waals surface area contributed by atoms with Crippen molar-refractivity contribution in [3.05, 3.63) is 29.8 Å². The zero-order valence-electron chi connectivity index (χ0n) is 9.86. The van der Waals surface area contributed by atoms with E-state index < -0.39 is 0 Å². The van der Waals surface area contributed by atoms with E-state index in [1.54, 1.807) is 24.3 Å². The second-order valence-electron chi connectivity index (χ2n) is 4.07. The Labute approximate surface area is 96.5 Å². The second kappa shape index (κ2) is 6.16. The molecule has 0 heterocycles. The minimum Gasteiger partial charge on any atom is -0.508 e. The van der Waals surface area contributed by atoms with Crippen LogP contribution in [0.5, 0.6) is 5.75 Å². The van der Waals surface area contributed by atoms with Crippen molar-refractivity contribution < 1.29 is 9.90 Å². The van der Waals surface area contributed by atoms with E-state index in [-0.39, 0.29) is 17.6 Å². The summed E-state index contributed by atoms with van der Waals surface area (Å²) >= 11 is 0. The Morgan fingerprint density at radius 1 is 1.38 bits per heavy atom. The van der Waals surface area contributed by atoms with Gasteiger partial charge in [-0.05, 0) is 24.1 Å². The Bertz CT molecular complexity index is 332. The molecule has 0 aliphatic rings. The molecule has 1 rings (SSSR count). The topological polar surface area (TPSA) is 49.3 Å². The second-order valence-corrected chi connectivity index (χ2v) is 4.07. The lowest BCUT2D eigenvalue weighted by Gasteiger charge is -2.11. The van der Waals surface area contributed by atoms with Crippen LogP contribution in [0.3, 0.4) is 0 Å². The highest BCUT2D eigenvalue weighted by Crippen LogP contribution is 2.10. The Balaban J connectivity index is 2.39. The van der Waals surface area contributed by atoms with E-state index in [2.05, 4.69) is 12.2 Å². The molecule has 0 saturated carbocycles. The summed E-state index contributed by atoms with van der Waals surface area (Å²) in [6, 6.07) is 6.86. The molecule has 0 saturated heterocycles. The number of hydrogen-bond donors (Lipinski definition) is 2. The van der Waals surface area contributed by atoms with Crippen molar-refractivity contribution in [2.45, 2.75) is 33.2 Å². The first-order valence-corrected chi connectivity index (χ1v) is 5.69. The molecule has 1 atom stereocenters. The van der Waals surface area contributed by atoms with Gasteiger partial charge in [-0.3, -0.25) is 4.79 Å². The summed E-state index contributed by atoms with van der Waals surface area (Å²) in [7, 11) is 0. The quantitative estimate of drug-likeness (QED) is 0.802. The highest BCUT2D eigenvalue weighted by atomic mass is 16.3. The van der Waals surface area contributed by atoms with Crippen molar-refractivity contribution in [1.29, 1.82) is 0 Å². The molecule has 1 aromatic carbocycles. The standard InChI is InChI=1S/C13H19NO2/c1-3-4-10(2)13(16)14-9-11-5-7-12(15)8-6-11/h5-8,10,15H,3-4,9H2,1-2H3,(H,14,16). The lowest BCUT2D eigenvalue weighted by Crippen LogP contribution is -2.28. The van der Waals surface area contributed by atoms with Gasteiger partial charge in [0, 0.05) is 12.5 Å². The smallest absolute Gasteiger partial charge is 0.223 e. The van der Waals surface area contributed by atoms with Crippen molar-refractivity contribution in [3.8, 4) is 5.75 Å². The molecule has 1 unspecified atom stereocenters. The first-order valence-electron chi connectivity index (χ1n) is 5.69. The van der Waals surface area contributed by atoms with Gasteiger partial charge in [0.25, 0.3) is 0 Å². The van der Waals surface area contributed by atoms with E-state index in [9.17, 15) is 4.79 Å². The van der Waals surface area contributed by atoms with Crippen molar-refractivity contribution in [2.24, 2.45) is 5.92 Å². The number of phenols is 1. The third-order valence-corrected chi connectivity index (χ3v) is 2.57. The van der Waals surface area contributed by atoms with Crippen LogP contribution in [0.4, 0.5) is 0 Å². The fraction of sp³-hybridized carbons (Fsp3) is 0.462. The van der Waals surface area contributed by atoms with Crippen molar-refractivity contribution in [1.82, 2.24) is 5.32 Å². The first kappa shape index (κ1) is 12.6. The number of carbonyl (C=O) groups excluding carboxylic acids is 1. The maximum absolute atomic E-state index is 11.6. The van der Waals surface area contributed by atoms with Gasteiger partial charge < -0.3 is 10.4 Å². The maximum atomic E-state index is 11.6. The van der Waals surface area contributed by atoms with E-state index in [0.717, 1.165) is 18.4 Å². The average Bonchev–Trinajstić information content (AvgIpc) is 2.28. The number of rotatable bonds is 5. The molecule has 2 N–H and O–H groups in total. The van der Waals surface area contributed by atoms with Gasteiger partial charge in [0.1, 0.15) is 5.75 Å². The normalized spacial score (nSPS) is 12.1. The van der Waals surface area contributed by atoms with Crippen LogP contribution in [-0.4, -0.2) is 11.0 Å². The van der Waals surface area contributed by atoms with Crippen LogP contribution < -0.4 is 5.32 Å². The summed E-state index contributed by atoms with van der Waals surface area (Å²) in [4.78, 5) is 11.6. The van der Waals surface area contributed by atoms with E-state index >= 15 is 0 Å². The summed E-state index contributed by atoms with van der Waals surface area (Å²) in [6.45, 7) is 4.53. The summed E-state index contributed by atoms with van der Waals surface area (Å²) < 4.78 is 0. The SMILES string of the molecule is CCCC(C)C(=O)NCc1ccc(O)cc1. The van der Waals surface area contributed by atoms with Crippen LogP contribution in [0.1, 0.15) is 32.3 Å². The zero-order chi connectivity index (χ0) is 12.0. The molecule has 3 heteroatoms. The molecule has 0 spiro atoms. The van der Waals surface area contributed by atoms with Gasteiger partial charge in [-0.2, -0.15) is 0 Å². The summed E-state index contributed by atoms with van der Waals surface area (Å²) in [6.07, 6.45) is 1.94. The van der Waals surface area contributed by atoms with Gasteiger partial charge in [-0.1, -0.05) is 32.4 Å². The predicted octanol–water partition coefficient (Wildman–Crippen LogP) is 2.44. The number of benzene rings is 1. The van der Waals surface area contributed by atoms with Gasteiger partial charge in [0.15, 0.2) is 0 Å². The number of aromatic hydroxyl groups is 1. The molecule has 0 fully saturated rings. The minimum atomic E-state index is 0.0714. The predicted molar refractivity (Wildman–Crippen MR) is 64.0 cm³/mol. The number of amides is 1. The molecular weight excluding hydrogens is 202 g/mol. The maximum Gasteiger partial charge on any atom is 0.223 e. The van der Waals surface area contributed by atoms with Gasteiger partial charge >= 0.3 is 0 Å². The third-order valence-electron chi connectivity index (χ3n) is 2.57. The van der Waals surface area contributed by atoms with E-state index in [1.807, 2.05) is 6.92 Å². The van der Waals surface area contributed by atoms with Crippen LogP contribution in [0.25, 0.3) is 0 Å². The van der Waals surface area contributed by atoms with Gasteiger partial charge in [0.05, 0.1) is 0 Å². The summed E-state index contributed by atoms with van der Waals surface area (Å²) in [5.74, 6) is 0.409. The number of hydrogen-bond acceptors (Lipinski definition) is 2. The average molecular weight is 221 g/mol. The lowest BCUT2D eigenvalue weighted by molar-refractivity contribution is -0.124. The molecule has 0 aliphatic carbocycles. The van der Waals surface area contributed by atoms with Crippen molar-refractivity contribution in [3.63, 3.8) is 0 Å². The highest BCUT2D eigenvalue weighted by Gasteiger charge is 2.10. The summed E-state index contributed by atoms with van der Waals surface area (Å²) in [5.41, 5.74) is 0.995. The van der Waals surface area contributed by atoms with Crippen LogP contribution in [0.2, 0.25) is 0 Å². The van der Waals surface area contributed by atoms with Crippen molar-refractivity contribution >= 4 is 5.91 Å². The van der Waals surface area contributed by atoms with Gasteiger partial charge in [-0.25, -0.2) is 0 Å². The van der Waals surface area contributed by atoms with E-state index in [1.165, 1.54) is 0 Å². The fourth-order valence-electron chi connectivity index (χ4n) is 1.54. The molecule has 0 bridgehead atoms.